The highest BCUT2D eigenvalue weighted by Crippen LogP contribution is 2.37. The van der Waals surface area contributed by atoms with Gasteiger partial charge >= 0.3 is 5.97 Å². The van der Waals surface area contributed by atoms with Crippen molar-refractivity contribution in [3.63, 3.8) is 0 Å². The molecule has 0 saturated heterocycles. The Morgan fingerprint density at radius 2 is 1.48 bits per heavy atom. The highest BCUT2D eigenvalue weighted by Gasteiger charge is 2.24. The molecule has 4 heteroatoms. The van der Waals surface area contributed by atoms with E-state index in [1.807, 2.05) is 60.7 Å². The van der Waals surface area contributed by atoms with Gasteiger partial charge in [0, 0.05) is 0 Å². The lowest BCUT2D eigenvalue weighted by Gasteiger charge is -2.04. The number of nitrogens with one attached hydrogen (secondary N) is 1. The maximum absolute atomic E-state index is 12.4. The number of hydrogen-bond donors (Lipinski definition) is 1. The SMILES string of the molecule is CCOC(=O)c1c(-c2ccccc2)[nH]c(-c2ccccc2)c1Br. The number of rotatable bonds is 4. The highest BCUT2D eigenvalue weighted by molar-refractivity contribution is 9.10. The minimum Gasteiger partial charge on any atom is -0.462 e. The van der Waals surface area contributed by atoms with Gasteiger partial charge in [-0.15, -0.1) is 0 Å². The molecule has 0 radical (unpaired) electrons. The van der Waals surface area contributed by atoms with Crippen molar-refractivity contribution in [3.8, 4) is 22.5 Å². The standard InChI is InChI=1S/C19H16BrNO2/c1-2-23-19(22)15-16(20)18(14-11-7-4-8-12-14)21-17(15)13-9-5-3-6-10-13/h3-12,21H,2H2,1H3. The van der Waals surface area contributed by atoms with Crippen LogP contribution in [0.4, 0.5) is 0 Å². The van der Waals surface area contributed by atoms with Crippen LogP contribution in [0.15, 0.2) is 65.1 Å². The van der Waals surface area contributed by atoms with E-state index < -0.39 is 0 Å². The summed E-state index contributed by atoms with van der Waals surface area (Å²) in [4.78, 5) is 15.8. The third-order valence-electron chi connectivity index (χ3n) is 3.54. The third-order valence-corrected chi connectivity index (χ3v) is 4.34. The largest absolute Gasteiger partial charge is 0.462 e. The minimum absolute atomic E-state index is 0.336. The fourth-order valence-corrected chi connectivity index (χ4v) is 3.19. The Morgan fingerprint density at radius 3 is 2.00 bits per heavy atom. The average Bonchev–Trinajstić information content (AvgIpc) is 2.94. The van der Waals surface area contributed by atoms with Gasteiger partial charge in [-0.1, -0.05) is 60.7 Å². The Hall–Kier alpha value is -2.33. The highest BCUT2D eigenvalue weighted by atomic mass is 79.9. The Morgan fingerprint density at radius 1 is 0.957 bits per heavy atom. The van der Waals surface area contributed by atoms with Crippen LogP contribution in [0.5, 0.6) is 0 Å². The van der Waals surface area contributed by atoms with Crippen molar-refractivity contribution in [3.05, 3.63) is 70.7 Å². The van der Waals surface area contributed by atoms with E-state index in [2.05, 4.69) is 20.9 Å². The van der Waals surface area contributed by atoms with Gasteiger partial charge in [0.05, 0.1) is 28.0 Å². The number of H-pyrrole nitrogens is 1. The summed E-state index contributed by atoms with van der Waals surface area (Å²) >= 11 is 3.57. The summed E-state index contributed by atoms with van der Waals surface area (Å²) in [6, 6.07) is 19.7. The van der Waals surface area contributed by atoms with Gasteiger partial charge in [-0.25, -0.2) is 4.79 Å². The lowest BCUT2D eigenvalue weighted by atomic mass is 10.1. The summed E-state index contributed by atoms with van der Waals surface area (Å²) in [5.41, 5.74) is 4.10. The maximum Gasteiger partial charge on any atom is 0.341 e. The van der Waals surface area contributed by atoms with Crippen LogP contribution in [-0.4, -0.2) is 17.6 Å². The Kier molecular flexibility index (Phi) is 4.63. The summed E-state index contributed by atoms with van der Waals surface area (Å²) in [6.45, 7) is 2.14. The first-order valence-electron chi connectivity index (χ1n) is 7.41. The second-order valence-electron chi connectivity index (χ2n) is 5.02. The van der Waals surface area contributed by atoms with Gasteiger partial charge in [0.15, 0.2) is 0 Å². The zero-order valence-electron chi connectivity index (χ0n) is 12.7. The number of esters is 1. The van der Waals surface area contributed by atoms with Crippen LogP contribution in [0.2, 0.25) is 0 Å². The molecule has 0 aliphatic carbocycles. The van der Waals surface area contributed by atoms with Crippen molar-refractivity contribution < 1.29 is 9.53 Å². The molecular formula is C19H16BrNO2. The number of carbonyl (C=O) groups is 1. The van der Waals surface area contributed by atoms with E-state index >= 15 is 0 Å². The Bertz CT molecular complexity index is 810. The minimum atomic E-state index is -0.336. The molecule has 0 aliphatic rings. The first-order valence-corrected chi connectivity index (χ1v) is 8.21. The lowest BCUT2D eigenvalue weighted by Crippen LogP contribution is -2.05. The van der Waals surface area contributed by atoms with Crippen LogP contribution in [0.1, 0.15) is 17.3 Å². The normalized spacial score (nSPS) is 10.5. The van der Waals surface area contributed by atoms with E-state index in [1.165, 1.54) is 0 Å². The molecule has 3 aromatic rings. The molecule has 2 aromatic carbocycles. The average molecular weight is 370 g/mol. The number of ether oxygens (including phenoxy) is 1. The fraction of sp³-hybridized carbons (Fsp3) is 0.105. The number of hydrogen-bond acceptors (Lipinski definition) is 2. The van der Waals surface area contributed by atoms with Gasteiger partial charge in [0.2, 0.25) is 0 Å². The molecule has 0 unspecified atom stereocenters. The quantitative estimate of drug-likeness (QED) is 0.635. The first-order chi connectivity index (χ1) is 11.2. The van der Waals surface area contributed by atoms with E-state index in [9.17, 15) is 4.79 Å². The maximum atomic E-state index is 12.4. The zero-order valence-corrected chi connectivity index (χ0v) is 14.3. The monoisotopic (exact) mass is 369 g/mol. The summed E-state index contributed by atoms with van der Waals surface area (Å²) in [6.07, 6.45) is 0. The molecule has 0 fully saturated rings. The molecule has 0 amide bonds. The second-order valence-corrected chi connectivity index (χ2v) is 5.81. The van der Waals surface area contributed by atoms with Crippen LogP contribution >= 0.6 is 15.9 Å². The van der Waals surface area contributed by atoms with Gasteiger partial charge in [-0.2, -0.15) is 0 Å². The van der Waals surface area contributed by atoms with Crippen molar-refractivity contribution in [1.82, 2.24) is 4.98 Å². The number of benzene rings is 2. The third kappa shape index (κ3) is 3.08. The van der Waals surface area contributed by atoms with Crippen molar-refractivity contribution >= 4 is 21.9 Å². The van der Waals surface area contributed by atoms with Crippen LogP contribution in [0, 0.1) is 0 Å². The predicted octanol–water partition coefficient (Wildman–Crippen LogP) is 5.29. The van der Waals surface area contributed by atoms with E-state index in [0.717, 1.165) is 27.0 Å². The molecule has 1 N–H and O–H groups in total. The Balaban J connectivity index is 2.20. The number of carbonyl (C=O) groups excluding carboxylic acids is 1. The van der Waals surface area contributed by atoms with Crippen LogP contribution in [0.25, 0.3) is 22.5 Å². The van der Waals surface area contributed by atoms with Crippen molar-refractivity contribution in [2.45, 2.75) is 6.92 Å². The van der Waals surface area contributed by atoms with E-state index in [1.54, 1.807) is 6.92 Å². The molecule has 1 heterocycles. The van der Waals surface area contributed by atoms with Crippen LogP contribution < -0.4 is 0 Å². The van der Waals surface area contributed by atoms with E-state index in [-0.39, 0.29) is 5.97 Å². The van der Waals surface area contributed by atoms with E-state index in [4.69, 9.17) is 4.74 Å². The summed E-state index contributed by atoms with van der Waals surface area (Å²) in [5, 5.41) is 0. The summed E-state index contributed by atoms with van der Waals surface area (Å²) in [5.74, 6) is -0.336. The van der Waals surface area contributed by atoms with Crippen molar-refractivity contribution in [2.24, 2.45) is 0 Å². The Labute approximate surface area is 143 Å². The number of aromatic nitrogens is 1. The van der Waals surface area contributed by atoms with E-state index in [0.29, 0.717) is 12.2 Å². The molecule has 3 rings (SSSR count). The molecule has 0 saturated carbocycles. The summed E-state index contributed by atoms with van der Waals surface area (Å²) < 4.78 is 5.95. The van der Waals surface area contributed by atoms with Gasteiger partial charge < -0.3 is 9.72 Å². The van der Waals surface area contributed by atoms with Gasteiger partial charge in [-0.3, -0.25) is 0 Å². The van der Waals surface area contributed by atoms with Gasteiger partial charge in [0.1, 0.15) is 0 Å². The van der Waals surface area contributed by atoms with Gasteiger partial charge in [-0.05, 0) is 34.0 Å². The zero-order chi connectivity index (χ0) is 16.2. The predicted molar refractivity (Wildman–Crippen MR) is 95.3 cm³/mol. The molecule has 3 nitrogen and oxygen atoms in total. The number of halogens is 1. The molecule has 0 atom stereocenters. The molecule has 0 aliphatic heterocycles. The van der Waals surface area contributed by atoms with Crippen molar-refractivity contribution in [1.29, 1.82) is 0 Å². The first kappa shape index (κ1) is 15.6. The molecular weight excluding hydrogens is 354 g/mol. The summed E-state index contributed by atoms with van der Waals surface area (Å²) in [7, 11) is 0. The van der Waals surface area contributed by atoms with Crippen LogP contribution in [0.3, 0.4) is 0 Å². The smallest absolute Gasteiger partial charge is 0.341 e. The molecule has 116 valence electrons. The molecule has 0 bridgehead atoms. The molecule has 1 aromatic heterocycles. The molecule has 0 spiro atoms. The van der Waals surface area contributed by atoms with Gasteiger partial charge in [0.25, 0.3) is 0 Å². The lowest BCUT2D eigenvalue weighted by molar-refractivity contribution is 0.0526. The second kappa shape index (κ2) is 6.84. The van der Waals surface area contributed by atoms with Crippen molar-refractivity contribution in [2.75, 3.05) is 6.61 Å². The topological polar surface area (TPSA) is 42.1 Å². The number of aromatic amines is 1. The molecule has 23 heavy (non-hydrogen) atoms. The van der Waals surface area contributed by atoms with Crippen LogP contribution in [-0.2, 0) is 4.74 Å². The fourth-order valence-electron chi connectivity index (χ4n) is 2.50.